The molecular weight excluding hydrogens is 258 g/mol. The molecule has 0 saturated heterocycles. The van der Waals surface area contributed by atoms with Crippen LogP contribution >= 0.6 is 0 Å². The second-order valence-corrected chi connectivity index (χ2v) is 4.73. The van der Waals surface area contributed by atoms with E-state index in [2.05, 4.69) is 10.1 Å². The lowest BCUT2D eigenvalue weighted by Gasteiger charge is -2.20. The van der Waals surface area contributed by atoms with Crippen molar-refractivity contribution >= 4 is 17.7 Å². The molecule has 0 heterocycles. The van der Waals surface area contributed by atoms with Crippen LogP contribution in [-0.4, -0.2) is 63.1 Å². The topological polar surface area (TPSA) is 61.9 Å². The van der Waals surface area contributed by atoms with E-state index in [1.807, 2.05) is 19.0 Å². The fraction of sp³-hybridized carbons (Fsp3) is 0.429. The number of benzene rings is 1. The highest BCUT2D eigenvalue weighted by atomic mass is 16.5. The smallest absolute Gasteiger partial charge is 0.337 e. The minimum atomic E-state index is -0.429. The van der Waals surface area contributed by atoms with Gasteiger partial charge in [-0.25, -0.2) is 9.59 Å². The molecule has 0 aromatic heterocycles. The number of hydrogen-bond donors (Lipinski definition) is 1. The second-order valence-electron chi connectivity index (χ2n) is 4.73. The largest absolute Gasteiger partial charge is 0.465 e. The molecule has 0 saturated carbocycles. The summed E-state index contributed by atoms with van der Waals surface area (Å²) in [6.07, 6.45) is 0. The minimum absolute atomic E-state index is 0.214. The van der Waals surface area contributed by atoms with E-state index in [9.17, 15) is 9.59 Å². The van der Waals surface area contributed by atoms with E-state index >= 15 is 0 Å². The van der Waals surface area contributed by atoms with Gasteiger partial charge in [0.15, 0.2) is 0 Å². The first-order valence-corrected chi connectivity index (χ1v) is 6.29. The van der Waals surface area contributed by atoms with E-state index in [0.29, 0.717) is 17.8 Å². The first-order chi connectivity index (χ1) is 9.43. The number of ether oxygens (including phenoxy) is 1. The van der Waals surface area contributed by atoms with Crippen molar-refractivity contribution in [3.8, 4) is 0 Å². The maximum Gasteiger partial charge on any atom is 0.337 e. The predicted octanol–water partition coefficient (Wildman–Crippen LogP) is 1.50. The van der Waals surface area contributed by atoms with Crippen LogP contribution in [0.4, 0.5) is 10.5 Å². The number of rotatable bonds is 5. The third-order valence-electron chi connectivity index (χ3n) is 2.76. The van der Waals surface area contributed by atoms with E-state index in [1.165, 1.54) is 7.11 Å². The van der Waals surface area contributed by atoms with Gasteiger partial charge in [-0.15, -0.1) is 0 Å². The van der Waals surface area contributed by atoms with Crippen LogP contribution in [0.5, 0.6) is 0 Å². The zero-order valence-corrected chi connectivity index (χ0v) is 12.3. The Morgan fingerprint density at radius 2 is 1.90 bits per heavy atom. The van der Waals surface area contributed by atoms with Crippen molar-refractivity contribution in [2.24, 2.45) is 0 Å². The van der Waals surface area contributed by atoms with Crippen molar-refractivity contribution < 1.29 is 14.3 Å². The molecule has 6 heteroatoms. The van der Waals surface area contributed by atoms with Crippen molar-refractivity contribution in [3.63, 3.8) is 0 Å². The molecule has 0 spiro atoms. The number of urea groups is 1. The summed E-state index contributed by atoms with van der Waals surface area (Å²) in [5.74, 6) is -0.429. The number of methoxy groups -OCH3 is 1. The molecule has 0 aliphatic carbocycles. The Hall–Kier alpha value is -2.08. The molecule has 1 aromatic rings. The van der Waals surface area contributed by atoms with Crippen LogP contribution in [0.3, 0.4) is 0 Å². The number of esters is 1. The number of nitrogens with zero attached hydrogens (tertiary/aromatic N) is 2. The van der Waals surface area contributed by atoms with Crippen LogP contribution in [0.15, 0.2) is 24.3 Å². The van der Waals surface area contributed by atoms with Crippen LogP contribution < -0.4 is 5.32 Å². The molecular formula is C14H21N3O3. The van der Waals surface area contributed by atoms with Gasteiger partial charge in [0, 0.05) is 25.8 Å². The number of carbonyl (C=O) groups excluding carboxylic acids is 2. The van der Waals surface area contributed by atoms with E-state index in [0.717, 1.165) is 6.54 Å². The van der Waals surface area contributed by atoms with Crippen LogP contribution in [0.25, 0.3) is 0 Å². The molecule has 2 amide bonds. The summed E-state index contributed by atoms with van der Waals surface area (Å²) in [6.45, 7) is 1.40. The predicted molar refractivity (Wildman–Crippen MR) is 78.0 cm³/mol. The second kappa shape index (κ2) is 7.49. The highest BCUT2D eigenvalue weighted by Crippen LogP contribution is 2.12. The van der Waals surface area contributed by atoms with Crippen molar-refractivity contribution in [3.05, 3.63) is 29.8 Å². The van der Waals surface area contributed by atoms with Gasteiger partial charge in [-0.1, -0.05) is 6.07 Å². The van der Waals surface area contributed by atoms with E-state index in [-0.39, 0.29) is 6.03 Å². The summed E-state index contributed by atoms with van der Waals surface area (Å²) in [7, 11) is 6.95. The molecule has 1 aromatic carbocycles. The molecule has 0 radical (unpaired) electrons. The minimum Gasteiger partial charge on any atom is -0.465 e. The Labute approximate surface area is 119 Å². The molecule has 0 bridgehead atoms. The first-order valence-electron chi connectivity index (χ1n) is 6.29. The summed E-state index contributed by atoms with van der Waals surface area (Å²) in [5.41, 5.74) is 0.968. The van der Waals surface area contributed by atoms with Gasteiger partial charge in [-0.05, 0) is 32.3 Å². The molecule has 110 valence electrons. The quantitative estimate of drug-likeness (QED) is 0.830. The Morgan fingerprint density at radius 1 is 1.20 bits per heavy atom. The number of carbonyl (C=O) groups is 2. The summed E-state index contributed by atoms with van der Waals surface area (Å²) in [4.78, 5) is 27.0. The molecule has 0 aliphatic heterocycles. The lowest BCUT2D eigenvalue weighted by atomic mass is 10.2. The fourth-order valence-corrected chi connectivity index (χ4v) is 1.51. The van der Waals surface area contributed by atoms with Crippen molar-refractivity contribution in [2.75, 3.05) is 46.7 Å². The molecule has 0 unspecified atom stereocenters. The number of anilines is 1. The SMILES string of the molecule is COC(=O)c1cccc(NC(=O)N(C)CCN(C)C)c1. The Kier molecular flexibility index (Phi) is 5.99. The Bertz CT molecular complexity index is 474. The molecule has 20 heavy (non-hydrogen) atoms. The van der Waals surface area contributed by atoms with E-state index < -0.39 is 5.97 Å². The summed E-state index contributed by atoms with van der Waals surface area (Å²) < 4.78 is 4.64. The lowest BCUT2D eigenvalue weighted by molar-refractivity contribution is 0.0600. The number of amides is 2. The van der Waals surface area contributed by atoms with Crippen molar-refractivity contribution in [1.29, 1.82) is 0 Å². The Morgan fingerprint density at radius 3 is 2.50 bits per heavy atom. The van der Waals surface area contributed by atoms with Crippen LogP contribution in [0, 0.1) is 0 Å². The third-order valence-corrected chi connectivity index (χ3v) is 2.76. The summed E-state index contributed by atoms with van der Waals surface area (Å²) >= 11 is 0. The standard InChI is InChI=1S/C14H21N3O3/c1-16(2)8-9-17(3)14(19)15-12-7-5-6-11(10-12)13(18)20-4/h5-7,10H,8-9H2,1-4H3,(H,15,19). The van der Waals surface area contributed by atoms with Crippen molar-refractivity contribution in [2.45, 2.75) is 0 Å². The number of likely N-dealkylation sites (N-methyl/N-ethyl adjacent to an activating group) is 2. The summed E-state index contributed by atoms with van der Waals surface area (Å²) in [5, 5.41) is 2.75. The van der Waals surface area contributed by atoms with Gasteiger partial charge < -0.3 is 19.9 Å². The molecule has 1 N–H and O–H groups in total. The summed E-state index contributed by atoms with van der Waals surface area (Å²) in [6, 6.07) is 6.43. The highest BCUT2D eigenvalue weighted by molar-refractivity contribution is 5.93. The number of nitrogens with one attached hydrogen (secondary N) is 1. The zero-order valence-electron chi connectivity index (χ0n) is 12.3. The average molecular weight is 279 g/mol. The molecule has 0 fully saturated rings. The monoisotopic (exact) mass is 279 g/mol. The normalized spacial score (nSPS) is 10.2. The van der Waals surface area contributed by atoms with Crippen LogP contribution in [0.2, 0.25) is 0 Å². The van der Waals surface area contributed by atoms with Gasteiger partial charge in [0.2, 0.25) is 0 Å². The van der Waals surface area contributed by atoms with Gasteiger partial charge in [-0.2, -0.15) is 0 Å². The lowest BCUT2D eigenvalue weighted by Crippen LogP contribution is -2.36. The van der Waals surface area contributed by atoms with Crippen LogP contribution in [-0.2, 0) is 4.74 Å². The third kappa shape index (κ3) is 4.89. The van der Waals surface area contributed by atoms with Gasteiger partial charge in [0.1, 0.15) is 0 Å². The van der Waals surface area contributed by atoms with Gasteiger partial charge >= 0.3 is 12.0 Å². The van der Waals surface area contributed by atoms with Gasteiger partial charge in [0.05, 0.1) is 12.7 Å². The number of hydrogen-bond acceptors (Lipinski definition) is 4. The van der Waals surface area contributed by atoms with Crippen molar-refractivity contribution in [1.82, 2.24) is 9.80 Å². The molecule has 0 atom stereocenters. The van der Waals surface area contributed by atoms with Crippen LogP contribution in [0.1, 0.15) is 10.4 Å². The molecule has 1 rings (SSSR count). The maximum atomic E-state index is 12.0. The Balaban J connectivity index is 2.63. The van der Waals surface area contributed by atoms with E-state index in [1.54, 1.807) is 36.2 Å². The average Bonchev–Trinajstić information content (AvgIpc) is 2.43. The van der Waals surface area contributed by atoms with E-state index in [4.69, 9.17) is 0 Å². The fourth-order valence-electron chi connectivity index (χ4n) is 1.51. The maximum absolute atomic E-state index is 12.0. The zero-order chi connectivity index (χ0) is 15.1. The molecule has 6 nitrogen and oxygen atoms in total. The first kappa shape index (κ1) is 16.0. The highest BCUT2D eigenvalue weighted by Gasteiger charge is 2.11. The van der Waals surface area contributed by atoms with Gasteiger partial charge in [-0.3, -0.25) is 0 Å². The molecule has 0 aliphatic rings. The van der Waals surface area contributed by atoms with Gasteiger partial charge in [0.25, 0.3) is 0 Å².